The Hall–Kier alpha value is -1.91. The highest BCUT2D eigenvalue weighted by Gasteiger charge is 2.07. The van der Waals surface area contributed by atoms with Crippen molar-refractivity contribution in [3.05, 3.63) is 35.5 Å². The van der Waals surface area contributed by atoms with Crippen molar-refractivity contribution >= 4 is 5.82 Å². The molecule has 2 rings (SSSR count). The SMILES string of the molecule is CCc1nc(CC)n(Cc2ccnc(NC)c2)n1. The van der Waals surface area contributed by atoms with Crippen LogP contribution in [0.1, 0.15) is 31.1 Å². The van der Waals surface area contributed by atoms with Crippen LogP contribution in [0.5, 0.6) is 0 Å². The lowest BCUT2D eigenvalue weighted by molar-refractivity contribution is 0.637. The van der Waals surface area contributed by atoms with Gasteiger partial charge in [0.1, 0.15) is 11.6 Å². The van der Waals surface area contributed by atoms with Crippen molar-refractivity contribution < 1.29 is 0 Å². The summed E-state index contributed by atoms with van der Waals surface area (Å²) in [7, 11) is 1.87. The summed E-state index contributed by atoms with van der Waals surface area (Å²) in [5.41, 5.74) is 1.18. The van der Waals surface area contributed by atoms with Gasteiger partial charge in [0, 0.05) is 26.1 Å². The van der Waals surface area contributed by atoms with Gasteiger partial charge in [-0.1, -0.05) is 13.8 Å². The van der Waals surface area contributed by atoms with Gasteiger partial charge in [-0.3, -0.25) is 0 Å². The zero-order valence-electron chi connectivity index (χ0n) is 11.1. The molecule has 2 aromatic heterocycles. The second-order valence-corrected chi connectivity index (χ2v) is 4.11. The van der Waals surface area contributed by atoms with Crippen LogP contribution in [0.2, 0.25) is 0 Å². The van der Waals surface area contributed by atoms with Crippen LogP contribution in [0.15, 0.2) is 18.3 Å². The van der Waals surface area contributed by atoms with Crippen molar-refractivity contribution in [2.45, 2.75) is 33.2 Å². The number of anilines is 1. The fourth-order valence-electron chi connectivity index (χ4n) is 1.85. The van der Waals surface area contributed by atoms with Gasteiger partial charge in [-0.15, -0.1) is 0 Å². The van der Waals surface area contributed by atoms with Gasteiger partial charge >= 0.3 is 0 Å². The summed E-state index contributed by atoms with van der Waals surface area (Å²) in [4.78, 5) is 8.71. The fraction of sp³-hybridized carbons (Fsp3) is 0.462. The smallest absolute Gasteiger partial charge is 0.150 e. The maximum absolute atomic E-state index is 4.52. The molecule has 0 aliphatic heterocycles. The molecule has 0 aromatic carbocycles. The Morgan fingerprint density at radius 1 is 1.28 bits per heavy atom. The molecule has 96 valence electrons. The molecule has 0 saturated heterocycles. The second-order valence-electron chi connectivity index (χ2n) is 4.11. The molecule has 0 atom stereocenters. The summed E-state index contributed by atoms with van der Waals surface area (Å²) in [6, 6.07) is 4.04. The first-order valence-corrected chi connectivity index (χ1v) is 6.32. The molecule has 18 heavy (non-hydrogen) atoms. The third kappa shape index (κ3) is 2.67. The van der Waals surface area contributed by atoms with E-state index in [-0.39, 0.29) is 0 Å². The third-order valence-electron chi connectivity index (χ3n) is 2.84. The predicted octanol–water partition coefficient (Wildman–Crippen LogP) is 1.89. The van der Waals surface area contributed by atoms with E-state index in [2.05, 4.69) is 34.2 Å². The molecule has 0 saturated carbocycles. The molecule has 5 heteroatoms. The van der Waals surface area contributed by atoms with Gasteiger partial charge < -0.3 is 5.32 Å². The lowest BCUT2D eigenvalue weighted by atomic mass is 10.2. The molecule has 0 aliphatic rings. The highest BCUT2D eigenvalue weighted by Crippen LogP contribution is 2.09. The van der Waals surface area contributed by atoms with E-state index in [0.717, 1.165) is 36.9 Å². The molecule has 0 radical (unpaired) electrons. The number of hydrogen-bond donors (Lipinski definition) is 1. The average Bonchev–Trinajstić information content (AvgIpc) is 2.81. The summed E-state index contributed by atoms with van der Waals surface area (Å²) in [5, 5.41) is 7.56. The Morgan fingerprint density at radius 2 is 2.11 bits per heavy atom. The Balaban J connectivity index is 2.24. The van der Waals surface area contributed by atoms with Crippen LogP contribution < -0.4 is 5.32 Å². The predicted molar refractivity (Wildman–Crippen MR) is 71.7 cm³/mol. The van der Waals surface area contributed by atoms with Crippen molar-refractivity contribution in [1.29, 1.82) is 0 Å². The molecule has 5 nitrogen and oxygen atoms in total. The summed E-state index contributed by atoms with van der Waals surface area (Å²) in [5.74, 6) is 2.82. The first-order valence-electron chi connectivity index (χ1n) is 6.32. The first-order chi connectivity index (χ1) is 8.76. The molecule has 0 amide bonds. The minimum absolute atomic E-state index is 0.743. The standard InChI is InChI=1S/C13H19N5/c1-4-11-16-13(5-2)18(17-11)9-10-6-7-15-12(8-10)14-3/h6-8H,4-5,9H2,1-3H3,(H,14,15). The number of aromatic nitrogens is 4. The highest BCUT2D eigenvalue weighted by molar-refractivity contribution is 5.36. The van der Waals surface area contributed by atoms with Crippen LogP contribution in [-0.2, 0) is 19.4 Å². The van der Waals surface area contributed by atoms with Crippen LogP contribution in [0, 0.1) is 0 Å². The van der Waals surface area contributed by atoms with Crippen molar-refractivity contribution in [2.24, 2.45) is 0 Å². The molecule has 2 heterocycles. The molecular formula is C13H19N5. The average molecular weight is 245 g/mol. The van der Waals surface area contributed by atoms with E-state index in [4.69, 9.17) is 0 Å². The topological polar surface area (TPSA) is 55.6 Å². The van der Waals surface area contributed by atoms with Crippen molar-refractivity contribution in [2.75, 3.05) is 12.4 Å². The Morgan fingerprint density at radius 3 is 2.78 bits per heavy atom. The number of aryl methyl sites for hydroxylation is 2. The van der Waals surface area contributed by atoms with E-state index >= 15 is 0 Å². The van der Waals surface area contributed by atoms with Crippen LogP contribution in [0.4, 0.5) is 5.82 Å². The van der Waals surface area contributed by atoms with E-state index in [9.17, 15) is 0 Å². The molecule has 0 spiro atoms. The van der Waals surface area contributed by atoms with Crippen LogP contribution in [0.25, 0.3) is 0 Å². The fourth-order valence-corrected chi connectivity index (χ4v) is 1.85. The minimum atomic E-state index is 0.743. The van der Waals surface area contributed by atoms with E-state index < -0.39 is 0 Å². The Bertz CT molecular complexity index is 518. The van der Waals surface area contributed by atoms with Gasteiger partial charge in [-0.05, 0) is 17.7 Å². The van der Waals surface area contributed by atoms with Crippen molar-refractivity contribution in [3.63, 3.8) is 0 Å². The molecule has 0 bridgehead atoms. The number of nitrogens with zero attached hydrogens (tertiary/aromatic N) is 4. The van der Waals surface area contributed by atoms with Gasteiger partial charge in [0.2, 0.25) is 0 Å². The largest absolute Gasteiger partial charge is 0.373 e. The van der Waals surface area contributed by atoms with E-state index in [1.165, 1.54) is 5.56 Å². The molecule has 1 N–H and O–H groups in total. The molecule has 0 unspecified atom stereocenters. The number of hydrogen-bond acceptors (Lipinski definition) is 4. The molecular weight excluding hydrogens is 226 g/mol. The molecule has 0 fully saturated rings. The van der Waals surface area contributed by atoms with Crippen LogP contribution in [0.3, 0.4) is 0 Å². The first kappa shape index (κ1) is 12.5. The van der Waals surface area contributed by atoms with Gasteiger partial charge in [-0.25, -0.2) is 14.6 Å². The normalized spacial score (nSPS) is 10.6. The summed E-state index contributed by atoms with van der Waals surface area (Å²) >= 11 is 0. The number of pyridine rings is 1. The van der Waals surface area contributed by atoms with Crippen LogP contribution >= 0.6 is 0 Å². The van der Waals surface area contributed by atoms with E-state index in [1.54, 1.807) is 0 Å². The second kappa shape index (κ2) is 5.62. The van der Waals surface area contributed by atoms with Crippen molar-refractivity contribution in [3.8, 4) is 0 Å². The zero-order chi connectivity index (χ0) is 13.0. The molecule has 2 aromatic rings. The van der Waals surface area contributed by atoms with Gasteiger partial charge in [0.05, 0.1) is 6.54 Å². The quantitative estimate of drug-likeness (QED) is 0.874. The summed E-state index contributed by atoms with van der Waals surface area (Å²) < 4.78 is 1.98. The minimum Gasteiger partial charge on any atom is -0.373 e. The lowest BCUT2D eigenvalue weighted by Gasteiger charge is -2.06. The Kier molecular flexibility index (Phi) is 3.92. The number of rotatable bonds is 5. The van der Waals surface area contributed by atoms with Crippen LogP contribution in [-0.4, -0.2) is 26.8 Å². The summed E-state index contributed by atoms with van der Waals surface area (Å²) in [6.45, 7) is 4.92. The monoisotopic (exact) mass is 245 g/mol. The maximum atomic E-state index is 4.52. The zero-order valence-corrected chi connectivity index (χ0v) is 11.1. The molecule has 0 aliphatic carbocycles. The van der Waals surface area contributed by atoms with Gasteiger partial charge in [0.15, 0.2) is 5.82 Å². The van der Waals surface area contributed by atoms with E-state index in [1.807, 2.05) is 30.1 Å². The lowest BCUT2D eigenvalue weighted by Crippen LogP contribution is -2.07. The highest BCUT2D eigenvalue weighted by atomic mass is 15.3. The van der Waals surface area contributed by atoms with E-state index in [0.29, 0.717) is 0 Å². The summed E-state index contributed by atoms with van der Waals surface area (Å²) in [6.07, 6.45) is 3.58. The van der Waals surface area contributed by atoms with Gasteiger partial charge in [-0.2, -0.15) is 5.10 Å². The maximum Gasteiger partial charge on any atom is 0.150 e. The van der Waals surface area contributed by atoms with Gasteiger partial charge in [0.25, 0.3) is 0 Å². The Labute approximate surface area is 107 Å². The van der Waals surface area contributed by atoms with Crippen molar-refractivity contribution in [1.82, 2.24) is 19.7 Å². The number of nitrogens with one attached hydrogen (secondary N) is 1. The third-order valence-corrected chi connectivity index (χ3v) is 2.84.